The van der Waals surface area contributed by atoms with Crippen LogP contribution in [0.3, 0.4) is 0 Å². The number of hydrazine groups is 1. The van der Waals surface area contributed by atoms with Crippen LogP contribution in [-0.4, -0.2) is 46.4 Å². The van der Waals surface area contributed by atoms with Crippen LogP contribution in [0.25, 0.3) is 0 Å². The number of halogens is 1. The first-order chi connectivity index (χ1) is 16.2. The minimum Gasteiger partial charge on any atom is -0.452 e. The third-order valence-corrected chi connectivity index (χ3v) is 5.66. The van der Waals surface area contributed by atoms with Gasteiger partial charge >= 0.3 is 5.97 Å². The van der Waals surface area contributed by atoms with E-state index in [4.69, 9.17) is 16.3 Å². The number of hydrogen-bond donors (Lipinski definition) is 2. The normalized spacial score (nSPS) is 12.4. The number of carbonyl (C=O) groups excluding carboxylic acids is 5. The van der Waals surface area contributed by atoms with Crippen molar-refractivity contribution in [2.45, 2.75) is 6.92 Å². The van der Waals surface area contributed by atoms with Crippen LogP contribution in [-0.2, 0) is 9.53 Å². The molecule has 11 nitrogen and oxygen atoms in total. The predicted molar refractivity (Wildman–Crippen MR) is 120 cm³/mol. The number of carbonyl (C=O) groups is 5. The molecule has 4 rings (SSSR count). The molecule has 34 heavy (non-hydrogen) atoms. The van der Waals surface area contributed by atoms with Crippen molar-refractivity contribution >= 4 is 57.7 Å². The summed E-state index contributed by atoms with van der Waals surface area (Å²) in [6.45, 7) is 0.993. The number of aromatic nitrogens is 2. The lowest BCUT2D eigenvalue weighted by Crippen LogP contribution is -2.43. The molecule has 0 aliphatic carbocycles. The quantitative estimate of drug-likeness (QED) is 0.307. The van der Waals surface area contributed by atoms with Crippen LogP contribution in [0.4, 0.5) is 5.13 Å². The molecule has 4 amide bonds. The Labute approximate surface area is 200 Å². The number of nitrogens with one attached hydrogen (secondary N) is 2. The van der Waals surface area contributed by atoms with Crippen LogP contribution in [0, 0.1) is 6.92 Å². The summed E-state index contributed by atoms with van der Waals surface area (Å²) in [5, 5.41) is 8.79. The molecule has 0 saturated carbocycles. The summed E-state index contributed by atoms with van der Waals surface area (Å²) >= 11 is 6.84. The third kappa shape index (κ3) is 4.63. The number of esters is 1. The summed E-state index contributed by atoms with van der Waals surface area (Å²) < 4.78 is 4.93. The molecule has 3 aromatic rings. The van der Waals surface area contributed by atoms with Gasteiger partial charge in [0, 0.05) is 10.6 Å². The van der Waals surface area contributed by atoms with E-state index in [0.29, 0.717) is 10.0 Å². The molecule has 0 fully saturated rings. The first-order valence-corrected chi connectivity index (χ1v) is 10.8. The number of fused-ring (bicyclic) bond motifs is 1. The van der Waals surface area contributed by atoms with Crippen molar-refractivity contribution in [1.29, 1.82) is 0 Å². The van der Waals surface area contributed by atoms with Gasteiger partial charge in [0.05, 0.1) is 16.7 Å². The van der Waals surface area contributed by atoms with Gasteiger partial charge in [0.1, 0.15) is 5.01 Å². The lowest BCUT2D eigenvalue weighted by Gasteiger charge is -2.08. The van der Waals surface area contributed by atoms with E-state index < -0.39 is 36.2 Å². The zero-order valence-corrected chi connectivity index (χ0v) is 18.9. The summed E-state index contributed by atoms with van der Waals surface area (Å²) in [5.74, 6) is -3.50. The van der Waals surface area contributed by atoms with Gasteiger partial charge in [-0.15, -0.1) is 10.2 Å². The maximum Gasteiger partial charge on any atom is 0.338 e. The Kier molecular flexibility index (Phi) is 6.34. The molecule has 0 saturated heterocycles. The number of rotatable bonds is 5. The number of imide groups is 1. The second-order valence-electron chi connectivity index (χ2n) is 6.90. The van der Waals surface area contributed by atoms with Crippen molar-refractivity contribution in [3.05, 3.63) is 74.7 Å². The van der Waals surface area contributed by atoms with Gasteiger partial charge in [-0.1, -0.05) is 22.9 Å². The van der Waals surface area contributed by atoms with Crippen molar-refractivity contribution in [2.75, 3.05) is 11.5 Å². The Morgan fingerprint density at radius 1 is 0.971 bits per heavy atom. The van der Waals surface area contributed by atoms with Crippen molar-refractivity contribution in [2.24, 2.45) is 0 Å². The summed E-state index contributed by atoms with van der Waals surface area (Å²) in [6, 6.07) is 9.82. The molecule has 1 aromatic heterocycles. The maximum absolute atomic E-state index is 12.7. The zero-order valence-electron chi connectivity index (χ0n) is 17.3. The minimum atomic E-state index is -0.896. The molecule has 0 bridgehead atoms. The molecule has 2 N–H and O–H groups in total. The standard InChI is InChI=1S/C21H14ClN5O6S/c1-10-23-26-21(34-10)27-18(30)14-7-4-12(8-15(14)19(27)31)20(32)33-9-16(28)24-25-17(29)11-2-5-13(22)6-3-11/h2-8H,9H2,1H3,(H,24,28)(H,25,29). The Hall–Kier alpha value is -4.16. The molecule has 0 radical (unpaired) electrons. The van der Waals surface area contributed by atoms with Gasteiger partial charge in [0.15, 0.2) is 6.61 Å². The number of ether oxygens (including phenoxy) is 1. The highest BCUT2D eigenvalue weighted by Crippen LogP contribution is 2.30. The fraction of sp³-hybridized carbons (Fsp3) is 0.0952. The molecule has 13 heteroatoms. The highest BCUT2D eigenvalue weighted by atomic mass is 35.5. The van der Waals surface area contributed by atoms with Crippen molar-refractivity contribution in [3.8, 4) is 0 Å². The van der Waals surface area contributed by atoms with E-state index in [-0.39, 0.29) is 27.4 Å². The average molecular weight is 500 g/mol. The number of anilines is 1. The Bertz CT molecular complexity index is 1340. The number of benzene rings is 2. The van der Waals surface area contributed by atoms with Gasteiger partial charge in [0.2, 0.25) is 5.13 Å². The van der Waals surface area contributed by atoms with E-state index in [0.717, 1.165) is 16.2 Å². The molecule has 0 spiro atoms. The fourth-order valence-electron chi connectivity index (χ4n) is 2.97. The highest BCUT2D eigenvalue weighted by Gasteiger charge is 2.39. The van der Waals surface area contributed by atoms with Crippen molar-refractivity contribution in [1.82, 2.24) is 21.0 Å². The number of nitrogens with zero attached hydrogens (tertiary/aromatic N) is 3. The average Bonchev–Trinajstić information content (AvgIpc) is 3.36. The number of aryl methyl sites for hydroxylation is 1. The molecule has 0 unspecified atom stereocenters. The smallest absolute Gasteiger partial charge is 0.338 e. The molecular formula is C21H14ClN5O6S. The van der Waals surface area contributed by atoms with Gasteiger partial charge in [-0.2, -0.15) is 0 Å². The van der Waals surface area contributed by atoms with Crippen LogP contribution in [0.1, 0.15) is 46.4 Å². The maximum atomic E-state index is 12.7. The van der Waals surface area contributed by atoms with E-state index >= 15 is 0 Å². The second-order valence-corrected chi connectivity index (χ2v) is 8.49. The Morgan fingerprint density at radius 2 is 1.65 bits per heavy atom. The molecule has 0 atom stereocenters. The fourth-order valence-corrected chi connectivity index (χ4v) is 3.78. The van der Waals surface area contributed by atoms with Crippen LogP contribution in [0.2, 0.25) is 5.02 Å². The largest absolute Gasteiger partial charge is 0.452 e. The Morgan fingerprint density at radius 3 is 2.32 bits per heavy atom. The number of hydrogen-bond acceptors (Lipinski definition) is 9. The SMILES string of the molecule is Cc1nnc(N2C(=O)c3ccc(C(=O)OCC(=O)NNC(=O)c4ccc(Cl)cc4)cc3C2=O)s1. The van der Waals surface area contributed by atoms with E-state index in [2.05, 4.69) is 21.0 Å². The van der Waals surface area contributed by atoms with Gasteiger partial charge in [0.25, 0.3) is 23.6 Å². The van der Waals surface area contributed by atoms with E-state index in [1.807, 2.05) is 0 Å². The van der Waals surface area contributed by atoms with E-state index in [9.17, 15) is 24.0 Å². The third-order valence-electron chi connectivity index (χ3n) is 4.59. The summed E-state index contributed by atoms with van der Waals surface area (Å²) in [7, 11) is 0. The molecule has 2 heterocycles. The molecule has 1 aliphatic rings. The lowest BCUT2D eigenvalue weighted by molar-refractivity contribution is -0.125. The summed E-state index contributed by atoms with van der Waals surface area (Å²) in [5.41, 5.74) is 4.64. The predicted octanol–water partition coefficient (Wildman–Crippen LogP) is 1.92. The van der Waals surface area contributed by atoms with Crippen LogP contribution < -0.4 is 15.8 Å². The van der Waals surface area contributed by atoms with Gasteiger partial charge < -0.3 is 4.74 Å². The van der Waals surface area contributed by atoms with Crippen LogP contribution in [0.5, 0.6) is 0 Å². The second kappa shape index (κ2) is 9.37. The first kappa shape index (κ1) is 23.0. The molecule has 2 aromatic carbocycles. The van der Waals surface area contributed by atoms with Crippen LogP contribution in [0.15, 0.2) is 42.5 Å². The van der Waals surface area contributed by atoms with E-state index in [1.165, 1.54) is 42.5 Å². The van der Waals surface area contributed by atoms with Gasteiger partial charge in [-0.3, -0.25) is 30.0 Å². The summed E-state index contributed by atoms with van der Waals surface area (Å²) in [6.07, 6.45) is 0. The van der Waals surface area contributed by atoms with Gasteiger partial charge in [-0.05, 0) is 49.4 Å². The zero-order chi connectivity index (χ0) is 24.4. The molecule has 172 valence electrons. The minimum absolute atomic E-state index is 0.00647. The Balaban J connectivity index is 1.35. The van der Waals surface area contributed by atoms with Crippen molar-refractivity contribution in [3.63, 3.8) is 0 Å². The van der Waals surface area contributed by atoms with Crippen LogP contribution >= 0.6 is 22.9 Å². The highest BCUT2D eigenvalue weighted by molar-refractivity contribution is 7.15. The number of amides is 4. The van der Waals surface area contributed by atoms with Gasteiger partial charge in [-0.25, -0.2) is 9.69 Å². The first-order valence-electron chi connectivity index (χ1n) is 9.59. The van der Waals surface area contributed by atoms with Crippen molar-refractivity contribution < 1.29 is 28.7 Å². The van der Waals surface area contributed by atoms with E-state index in [1.54, 1.807) is 6.92 Å². The monoisotopic (exact) mass is 499 g/mol. The lowest BCUT2D eigenvalue weighted by atomic mass is 10.1. The molecule has 1 aliphatic heterocycles. The molecular weight excluding hydrogens is 486 g/mol. The topological polar surface area (TPSA) is 148 Å². The summed E-state index contributed by atoms with van der Waals surface area (Å²) in [4.78, 5) is 62.4.